The van der Waals surface area contributed by atoms with Gasteiger partial charge in [-0.25, -0.2) is 0 Å². The average Bonchev–Trinajstić information content (AvgIpc) is 2.47. The smallest absolute Gasteiger partial charge is 0.119 e. The van der Waals surface area contributed by atoms with Crippen LogP contribution in [0.5, 0.6) is 5.75 Å². The Labute approximate surface area is 75.6 Å². The second-order valence-corrected chi connectivity index (χ2v) is 3.69. The van der Waals surface area contributed by atoms with E-state index in [1.165, 1.54) is 15.6 Å². The van der Waals surface area contributed by atoms with E-state index >= 15 is 0 Å². The third kappa shape index (κ3) is 1.08. The Morgan fingerprint density at radius 2 is 2.17 bits per heavy atom. The van der Waals surface area contributed by atoms with E-state index in [0.717, 1.165) is 5.75 Å². The number of rotatable bonds is 1. The van der Waals surface area contributed by atoms with Crippen LogP contribution in [-0.2, 0) is 0 Å². The molecule has 0 radical (unpaired) electrons. The third-order valence-electron chi connectivity index (χ3n) is 1.97. The van der Waals surface area contributed by atoms with Gasteiger partial charge >= 0.3 is 0 Å². The van der Waals surface area contributed by atoms with Crippen LogP contribution < -0.4 is 4.74 Å². The maximum atomic E-state index is 5.15. The minimum Gasteiger partial charge on any atom is -0.497 e. The largest absolute Gasteiger partial charge is 0.497 e. The van der Waals surface area contributed by atoms with Crippen LogP contribution >= 0.6 is 11.3 Å². The number of benzene rings is 1. The second-order valence-electron chi connectivity index (χ2n) is 2.78. The molecule has 62 valence electrons. The SMILES string of the molecule is COc1ccc2scc(C)c2c1. The van der Waals surface area contributed by atoms with Crippen LogP contribution in [0.25, 0.3) is 10.1 Å². The van der Waals surface area contributed by atoms with Gasteiger partial charge in [-0.15, -0.1) is 11.3 Å². The van der Waals surface area contributed by atoms with Gasteiger partial charge in [0.25, 0.3) is 0 Å². The normalized spacial score (nSPS) is 10.5. The summed E-state index contributed by atoms with van der Waals surface area (Å²) in [4.78, 5) is 0. The molecule has 0 fully saturated rings. The molecule has 0 unspecified atom stereocenters. The highest BCUT2D eigenvalue weighted by atomic mass is 32.1. The number of thiophene rings is 1. The van der Waals surface area contributed by atoms with Gasteiger partial charge in [0, 0.05) is 4.70 Å². The molecule has 0 N–H and O–H groups in total. The molecule has 0 amide bonds. The molecule has 2 heteroatoms. The summed E-state index contributed by atoms with van der Waals surface area (Å²) in [6, 6.07) is 6.19. The molecular formula is C10H10OS. The van der Waals surface area contributed by atoms with Crippen molar-refractivity contribution in [2.24, 2.45) is 0 Å². The van der Waals surface area contributed by atoms with Crippen LogP contribution in [0, 0.1) is 6.92 Å². The van der Waals surface area contributed by atoms with Crippen molar-refractivity contribution < 1.29 is 4.74 Å². The van der Waals surface area contributed by atoms with Crippen molar-refractivity contribution in [2.75, 3.05) is 7.11 Å². The zero-order valence-electron chi connectivity index (χ0n) is 7.13. The number of ether oxygens (including phenoxy) is 1. The molecule has 0 spiro atoms. The summed E-state index contributed by atoms with van der Waals surface area (Å²) in [6.07, 6.45) is 0. The monoisotopic (exact) mass is 178 g/mol. The standard InChI is InChI=1S/C10H10OS/c1-7-6-12-10-4-3-8(11-2)5-9(7)10/h3-6H,1-2H3. The molecule has 2 rings (SSSR count). The van der Waals surface area contributed by atoms with E-state index in [-0.39, 0.29) is 0 Å². The van der Waals surface area contributed by atoms with E-state index in [4.69, 9.17) is 4.74 Å². The van der Waals surface area contributed by atoms with E-state index in [1.54, 1.807) is 18.4 Å². The lowest BCUT2D eigenvalue weighted by atomic mass is 10.2. The van der Waals surface area contributed by atoms with Crippen molar-refractivity contribution in [1.82, 2.24) is 0 Å². The van der Waals surface area contributed by atoms with Crippen molar-refractivity contribution in [2.45, 2.75) is 6.92 Å². The summed E-state index contributed by atoms with van der Waals surface area (Å²) >= 11 is 1.78. The first-order chi connectivity index (χ1) is 5.81. The van der Waals surface area contributed by atoms with Gasteiger partial charge in [-0.05, 0) is 41.5 Å². The molecule has 1 heterocycles. The van der Waals surface area contributed by atoms with Crippen molar-refractivity contribution in [3.8, 4) is 5.75 Å². The molecule has 0 atom stereocenters. The molecule has 0 aliphatic heterocycles. The average molecular weight is 178 g/mol. The van der Waals surface area contributed by atoms with Crippen LogP contribution in [0.15, 0.2) is 23.6 Å². The van der Waals surface area contributed by atoms with E-state index < -0.39 is 0 Å². The summed E-state index contributed by atoms with van der Waals surface area (Å²) < 4.78 is 6.48. The van der Waals surface area contributed by atoms with Gasteiger partial charge in [0.15, 0.2) is 0 Å². The molecule has 0 aliphatic rings. The lowest BCUT2D eigenvalue weighted by Crippen LogP contribution is -1.80. The van der Waals surface area contributed by atoms with Gasteiger partial charge in [0.05, 0.1) is 7.11 Å². The minimum absolute atomic E-state index is 0.934. The van der Waals surface area contributed by atoms with E-state index in [9.17, 15) is 0 Å². The fourth-order valence-electron chi connectivity index (χ4n) is 1.26. The van der Waals surface area contributed by atoms with Crippen molar-refractivity contribution in [1.29, 1.82) is 0 Å². The third-order valence-corrected chi connectivity index (χ3v) is 3.06. The van der Waals surface area contributed by atoms with Crippen LogP contribution in [0.2, 0.25) is 0 Å². The van der Waals surface area contributed by atoms with Gasteiger partial charge in [-0.1, -0.05) is 0 Å². The molecule has 1 aromatic heterocycles. The van der Waals surface area contributed by atoms with Crippen LogP contribution in [0.1, 0.15) is 5.56 Å². The highest BCUT2D eigenvalue weighted by Gasteiger charge is 2.00. The number of hydrogen-bond donors (Lipinski definition) is 0. The molecule has 0 saturated heterocycles. The highest BCUT2D eigenvalue weighted by Crippen LogP contribution is 2.28. The lowest BCUT2D eigenvalue weighted by molar-refractivity contribution is 0.415. The molecule has 0 saturated carbocycles. The van der Waals surface area contributed by atoms with E-state index in [0.29, 0.717) is 0 Å². The summed E-state index contributed by atoms with van der Waals surface area (Å²) in [5.41, 5.74) is 1.33. The number of methoxy groups -OCH3 is 1. The van der Waals surface area contributed by atoms with Gasteiger partial charge in [0.2, 0.25) is 0 Å². The van der Waals surface area contributed by atoms with Gasteiger partial charge in [0.1, 0.15) is 5.75 Å². The first-order valence-electron chi connectivity index (χ1n) is 3.83. The summed E-state index contributed by atoms with van der Waals surface area (Å²) in [5, 5.41) is 3.48. The second kappa shape index (κ2) is 2.79. The Morgan fingerprint density at radius 1 is 1.33 bits per heavy atom. The quantitative estimate of drug-likeness (QED) is 0.651. The van der Waals surface area contributed by atoms with Gasteiger partial charge < -0.3 is 4.74 Å². The maximum absolute atomic E-state index is 5.15. The fourth-order valence-corrected chi connectivity index (χ4v) is 2.19. The molecule has 0 bridgehead atoms. The number of aryl methyl sites for hydroxylation is 1. The molecule has 2 aromatic rings. The zero-order chi connectivity index (χ0) is 8.55. The first kappa shape index (κ1) is 7.62. The molecule has 1 nitrogen and oxygen atoms in total. The zero-order valence-corrected chi connectivity index (χ0v) is 7.94. The van der Waals surface area contributed by atoms with E-state index in [1.807, 2.05) is 6.07 Å². The Hall–Kier alpha value is -1.02. The maximum Gasteiger partial charge on any atom is 0.119 e. The van der Waals surface area contributed by atoms with Crippen molar-refractivity contribution in [3.63, 3.8) is 0 Å². The molecule has 1 aromatic carbocycles. The topological polar surface area (TPSA) is 9.23 Å². The molecule has 12 heavy (non-hydrogen) atoms. The fraction of sp³-hybridized carbons (Fsp3) is 0.200. The lowest BCUT2D eigenvalue weighted by Gasteiger charge is -1.98. The Kier molecular flexibility index (Phi) is 1.77. The van der Waals surface area contributed by atoms with E-state index in [2.05, 4.69) is 24.4 Å². The van der Waals surface area contributed by atoms with Crippen molar-refractivity contribution in [3.05, 3.63) is 29.1 Å². The predicted octanol–water partition coefficient (Wildman–Crippen LogP) is 3.22. The van der Waals surface area contributed by atoms with Gasteiger partial charge in [-0.2, -0.15) is 0 Å². The Balaban J connectivity index is 2.71. The highest BCUT2D eigenvalue weighted by molar-refractivity contribution is 7.17. The first-order valence-corrected chi connectivity index (χ1v) is 4.71. The summed E-state index contributed by atoms with van der Waals surface area (Å²) in [6.45, 7) is 2.12. The van der Waals surface area contributed by atoms with Crippen molar-refractivity contribution >= 4 is 21.4 Å². The minimum atomic E-state index is 0.934. The Bertz CT molecular complexity index is 403. The molecule has 0 aliphatic carbocycles. The Morgan fingerprint density at radius 3 is 2.92 bits per heavy atom. The number of fused-ring (bicyclic) bond motifs is 1. The summed E-state index contributed by atoms with van der Waals surface area (Å²) in [7, 11) is 1.70. The van der Waals surface area contributed by atoms with Crippen LogP contribution in [-0.4, -0.2) is 7.11 Å². The van der Waals surface area contributed by atoms with Crippen LogP contribution in [0.4, 0.5) is 0 Å². The number of hydrogen-bond acceptors (Lipinski definition) is 2. The van der Waals surface area contributed by atoms with Crippen LogP contribution in [0.3, 0.4) is 0 Å². The van der Waals surface area contributed by atoms with Gasteiger partial charge in [-0.3, -0.25) is 0 Å². The molecular weight excluding hydrogens is 168 g/mol. The summed E-state index contributed by atoms with van der Waals surface area (Å²) in [5.74, 6) is 0.934. The predicted molar refractivity (Wildman–Crippen MR) is 53.1 cm³/mol.